The molecular weight excluding hydrogens is 435 g/mol. The van der Waals surface area contributed by atoms with Crippen molar-refractivity contribution < 1.29 is 14.3 Å². The van der Waals surface area contributed by atoms with Gasteiger partial charge in [-0.05, 0) is 61.2 Å². The summed E-state index contributed by atoms with van der Waals surface area (Å²) in [5.41, 5.74) is 1.55. The molecule has 7 heteroatoms. The number of benzene rings is 2. The summed E-state index contributed by atoms with van der Waals surface area (Å²) in [6.45, 7) is 2.56. The van der Waals surface area contributed by atoms with Gasteiger partial charge in [0.1, 0.15) is 18.2 Å². The molecule has 2 aromatic rings. The first-order valence-electron chi connectivity index (χ1n) is 10.3. The van der Waals surface area contributed by atoms with Gasteiger partial charge in [0.05, 0.1) is 11.6 Å². The van der Waals surface area contributed by atoms with Crippen LogP contribution in [-0.4, -0.2) is 18.6 Å². The molecule has 0 atom stereocenters. The van der Waals surface area contributed by atoms with Crippen LogP contribution in [0.2, 0.25) is 10.0 Å². The molecule has 162 valence electrons. The van der Waals surface area contributed by atoms with Crippen LogP contribution in [-0.2, 0) is 11.4 Å². The molecule has 1 aliphatic carbocycles. The lowest BCUT2D eigenvalue weighted by molar-refractivity contribution is -0.117. The summed E-state index contributed by atoms with van der Waals surface area (Å²) in [5.74, 6) is 0.486. The lowest BCUT2D eigenvalue weighted by atomic mass is 10.1. The van der Waals surface area contributed by atoms with E-state index in [1.54, 1.807) is 24.3 Å². The molecule has 0 saturated heterocycles. The quantitative estimate of drug-likeness (QED) is 0.392. The molecule has 1 amide bonds. The number of nitrogens with one attached hydrogen (secondary N) is 1. The van der Waals surface area contributed by atoms with E-state index in [-0.39, 0.29) is 17.5 Å². The molecule has 1 N–H and O–H groups in total. The number of ether oxygens (including phenoxy) is 2. The fourth-order valence-electron chi connectivity index (χ4n) is 3.46. The fourth-order valence-corrected chi connectivity index (χ4v) is 3.86. The molecule has 1 saturated carbocycles. The molecule has 0 aromatic heterocycles. The third kappa shape index (κ3) is 6.40. The average Bonchev–Trinajstić information content (AvgIpc) is 3.26. The van der Waals surface area contributed by atoms with Gasteiger partial charge in [-0.1, -0.05) is 48.2 Å². The largest absolute Gasteiger partial charge is 0.490 e. The van der Waals surface area contributed by atoms with Crippen molar-refractivity contribution in [1.82, 2.24) is 5.32 Å². The van der Waals surface area contributed by atoms with Crippen molar-refractivity contribution in [2.24, 2.45) is 0 Å². The minimum Gasteiger partial charge on any atom is -0.490 e. The van der Waals surface area contributed by atoms with Gasteiger partial charge in [0.2, 0.25) is 0 Å². The number of nitriles is 1. The maximum atomic E-state index is 12.5. The van der Waals surface area contributed by atoms with E-state index in [2.05, 4.69) is 5.32 Å². The molecule has 0 unspecified atom stereocenters. The summed E-state index contributed by atoms with van der Waals surface area (Å²) in [4.78, 5) is 12.5. The van der Waals surface area contributed by atoms with Gasteiger partial charge in [-0.3, -0.25) is 4.79 Å². The van der Waals surface area contributed by atoms with Crippen LogP contribution in [0.4, 0.5) is 0 Å². The van der Waals surface area contributed by atoms with E-state index in [1.165, 1.54) is 6.08 Å². The zero-order valence-electron chi connectivity index (χ0n) is 17.3. The zero-order valence-corrected chi connectivity index (χ0v) is 18.8. The third-order valence-corrected chi connectivity index (χ3v) is 5.53. The highest BCUT2D eigenvalue weighted by Gasteiger charge is 2.20. The van der Waals surface area contributed by atoms with Crippen LogP contribution in [0.25, 0.3) is 6.08 Å². The van der Waals surface area contributed by atoms with Crippen molar-refractivity contribution in [2.45, 2.75) is 45.3 Å². The Morgan fingerprint density at radius 2 is 1.90 bits per heavy atom. The molecule has 0 aliphatic heterocycles. The maximum Gasteiger partial charge on any atom is 0.262 e. The number of amides is 1. The van der Waals surface area contributed by atoms with Crippen molar-refractivity contribution >= 4 is 35.2 Å². The minimum absolute atomic E-state index is 0.0280. The smallest absolute Gasteiger partial charge is 0.262 e. The second kappa shape index (κ2) is 11.1. The Balaban J connectivity index is 1.80. The topological polar surface area (TPSA) is 71.3 Å². The van der Waals surface area contributed by atoms with E-state index in [4.69, 9.17) is 32.7 Å². The molecule has 0 bridgehead atoms. The lowest BCUT2D eigenvalue weighted by Gasteiger charge is -2.15. The van der Waals surface area contributed by atoms with Crippen molar-refractivity contribution in [3.8, 4) is 17.6 Å². The van der Waals surface area contributed by atoms with E-state index in [1.807, 2.05) is 25.1 Å². The fraction of sp³-hybridized carbons (Fsp3) is 0.333. The number of halogens is 2. The minimum atomic E-state index is -0.369. The van der Waals surface area contributed by atoms with E-state index < -0.39 is 0 Å². The Kier molecular flexibility index (Phi) is 8.22. The summed E-state index contributed by atoms with van der Waals surface area (Å²) < 4.78 is 11.6. The summed E-state index contributed by atoms with van der Waals surface area (Å²) in [7, 11) is 0. The van der Waals surface area contributed by atoms with Gasteiger partial charge in [0.15, 0.2) is 11.5 Å². The monoisotopic (exact) mass is 458 g/mol. The molecule has 1 fully saturated rings. The molecule has 31 heavy (non-hydrogen) atoms. The molecular formula is C24H24Cl2N2O3. The van der Waals surface area contributed by atoms with Crippen molar-refractivity contribution in [3.05, 3.63) is 63.1 Å². The maximum absolute atomic E-state index is 12.5. The number of carbonyl (C=O) groups excluding carboxylic acids is 1. The highest BCUT2D eigenvalue weighted by Crippen LogP contribution is 2.38. The summed E-state index contributed by atoms with van der Waals surface area (Å²) in [6, 6.07) is 12.8. The molecule has 0 heterocycles. The van der Waals surface area contributed by atoms with E-state index in [9.17, 15) is 10.1 Å². The van der Waals surface area contributed by atoms with Crippen LogP contribution in [0, 0.1) is 11.3 Å². The molecule has 0 radical (unpaired) electrons. The Morgan fingerprint density at radius 1 is 1.19 bits per heavy atom. The third-order valence-electron chi connectivity index (χ3n) is 4.99. The Morgan fingerprint density at radius 3 is 2.55 bits per heavy atom. The Labute approximate surface area is 192 Å². The first-order chi connectivity index (χ1) is 15.0. The van der Waals surface area contributed by atoms with E-state index >= 15 is 0 Å². The highest BCUT2D eigenvalue weighted by atomic mass is 35.5. The van der Waals surface area contributed by atoms with Crippen molar-refractivity contribution in [3.63, 3.8) is 0 Å². The summed E-state index contributed by atoms with van der Waals surface area (Å²) >= 11 is 12.4. The molecule has 3 rings (SSSR count). The van der Waals surface area contributed by atoms with Crippen LogP contribution < -0.4 is 14.8 Å². The number of hydrogen-bond acceptors (Lipinski definition) is 4. The van der Waals surface area contributed by atoms with Gasteiger partial charge in [-0.2, -0.15) is 5.26 Å². The summed E-state index contributed by atoms with van der Waals surface area (Å²) in [6.07, 6.45) is 5.61. The average molecular weight is 459 g/mol. The standard InChI is InChI=1S/C24H24Cl2N2O3/c1-2-30-22-13-17(11-18(14-27)24(29)28-20-5-3-4-6-20)12-21(26)23(22)31-15-16-7-9-19(25)10-8-16/h7-13,20H,2-6,15H2,1H3,(H,28,29)/b18-11-. The lowest BCUT2D eigenvalue weighted by Crippen LogP contribution is -2.33. The number of nitrogens with zero attached hydrogens (tertiary/aromatic N) is 1. The molecule has 1 aliphatic rings. The predicted molar refractivity (Wildman–Crippen MR) is 122 cm³/mol. The van der Waals surface area contributed by atoms with Gasteiger partial charge in [-0.15, -0.1) is 0 Å². The van der Waals surface area contributed by atoms with Crippen molar-refractivity contribution in [1.29, 1.82) is 5.26 Å². The van der Waals surface area contributed by atoms with Gasteiger partial charge in [0, 0.05) is 11.1 Å². The van der Waals surface area contributed by atoms with Gasteiger partial charge in [0.25, 0.3) is 5.91 Å². The zero-order chi connectivity index (χ0) is 22.2. The van der Waals surface area contributed by atoms with Gasteiger partial charge >= 0.3 is 0 Å². The van der Waals surface area contributed by atoms with Gasteiger partial charge < -0.3 is 14.8 Å². The molecule has 5 nitrogen and oxygen atoms in total. The Hall–Kier alpha value is -2.68. The predicted octanol–water partition coefficient (Wildman–Crippen LogP) is 5.94. The first kappa shape index (κ1) is 23.0. The van der Waals surface area contributed by atoms with E-state index in [0.717, 1.165) is 31.2 Å². The molecule has 0 spiro atoms. The summed E-state index contributed by atoms with van der Waals surface area (Å²) in [5, 5.41) is 13.4. The Bertz CT molecular complexity index is 991. The van der Waals surface area contributed by atoms with Crippen molar-refractivity contribution in [2.75, 3.05) is 6.61 Å². The normalized spacial score (nSPS) is 14.2. The van der Waals surface area contributed by atoms with Crippen LogP contribution in [0.5, 0.6) is 11.5 Å². The van der Waals surface area contributed by atoms with Gasteiger partial charge in [-0.25, -0.2) is 0 Å². The SMILES string of the molecule is CCOc1cc(/C=C(/C#N)C(=O)NC2CCCC2)cc(Cl)c1OCc1ccc(Cl)cc1. The van der Waals surface area contributed by atoms with Crippen LogP contribution >= 0.6 is 23.2 Å². The van der Waals surface area contributed by atoms with E-state index in [0.29, 0.717) is 40.3 Å². The van der Waals surface area contributed by atoms with Crippen LogP contribution in [0.1, 0.15) is 43.7 Å². The number of rotatable bonds is 8. The number of carbonyl (C=O) groups is 1. The second-order valence-corrected chi connectivity index (χ2v) is 8.15. The first-order valence-corrected chi connectivity index (χ1v) is 11.0. The second-order valence-electron chi connectivity index (χ2n) is 7.30. The molecule has 2 aromatic carbocycles. The highest BCUT2D eigenvalue weighted by molar-refractivity contribution is 6.32. The number of hydrogen-bond donors (Lipinski definition) is 1. The van der Waals surface area contributed by atoms with Crippen LogP contribution in [0.15, 0.2) is 42.0 Å². The van der Waals surface area contributed by atoms with Crippen LogP contribution in [0.3, 0.4) is 0 Å².